The van der Waals surface area contributed by atoms with Crippen LogP contribution in [0.15, 0.2) is 54.6 Å². The number of carbonyl (C=O) groups is 1. The summed E-state index contributed by atoms with van der Waals surface area (Å²) in [5.74, 6) is -0.0286. The fourth-order valence-corrected chi connectivity index (χ4v) is 2.56. The molecule has 26 heavy (non-hydrogen) atoms. The van der Waals surface area contributed by atoms with Crippen LogP contribution >= 0.6 is 0 Å². The summed E-state index contributed by atoms with van der Waals surface area (Å²) in [4.78, 5) is 10.9. The molecule has 0 spiro atoms. The number of hydrogen-bond donors (Lipinski definition) is 1. The third-order valence-corrected chi connectivity index (χ3v) is 4.17. The van der Waals surface area contributed by atoms with Gasteiger partial charge < -0.3 is 20.4 Å². The number of carboxylic acid groups (broad SMARTS) is 1. The number of carbonyl (C=O) groups excluding carboxylic acids is 1. The molecule has 0 aliphatic carbocycles. The third kappa shape index (κ3) is 5.99. The van der Waals surface area contributed by atoms with Crippen molar-refractivity contribution in [1.29, 1.82) is 0 Å². The molecular weight excluding hydrogens is 337 g/mol. The van der Waals surface area contributed by atoms with Crippen molar-refractivity contribution in [2.75, 3.05) is 7.11 Å². The minimum Gasteiger partial charge on any atom is -0.548 e. The van der Waals surface area contributed by atoms with Gasteiger partial charge in [-0.2, -0.15) is 0 Å². The Bertz CT molecular complexity index is 737. The van der Waals surface area contributed by atoms with Crippen molar-refractivity contribution in [2.45, 2.75) is 32.2 Å². The number of rotatable bonds is 7. The molecule has 0 fully saturated rings. The molecule has 2 aromatic rings. The smallest absolute Gasteiger partial charge is 0.548 e. The molecule has 0 aromatic heterocycles. The van der Waals surface area contributed by atoms with E-state index < -0.39 is 12.0 Å². The Morgan fingerprint density at radius 1 is 1.08 bits per heavy atom. The van der Waals surface area contributed by atoms with Crippen molar-refractivity contribution in [1.82, 2.24) is 0 Å². The third-order valence-electron chi connectivity index (χ3n) is 4.17. The largest absolute Gasteiger partial charge is 1.00 e. The van der Waals surface area contributed by atoms with Crippen LogP contribution in [0.4, 0.5) is 0 Å². The van der Waals surface area contributed by atoms with Crippen LogP contribution in [0.1, 0.15) is 42.9 Å². The van der Waals surface area contributed by atoms with E-state index in [0.717, 1.165) is 22.4 Å². The first-order chi connectivity index (χ1) is 11.9. The minimum atomic E-state index is -1.25. The molecule has 0 saturated carbocycles. The van der Waals surface area contributed by atoms with Crippen LogP contribution in [-0.2, 0) is 4.79 Å². The van der Waals surface area contributed by atoms with Crippen molar-refractivity contribution in [3.8, 4) is 5.75 Å². The van der Waals surface area contributed by atoms with E-state index in [1.54, 1.807) is 7.11 Å². The topological polar surface area (TPSA) is 75.4 Å². The van der Waals surface area contributed by atoms with E-state index in [1.165, 1.54) is 5.56 Å². The summed E-state index contributed by atoms with van der Waals surface area (Å²) in [6.45, 7) is 4.29. The molecule has 1 atom stereocenters. The van der Waals surface area contributed by atoms with Crippen LogP contribution < -0.4 is 45.1 Å². The van der Waals surface area contributed by atoms with Crippen molar-refractivity contribution < 1.29 is 44.2 Å². The van der Waals surface area contributed by atoms with Gasteiger partial charge in [0.05, 0.1) is 13.1 Å². The Labute approximate surface area is 177 Å². The van der Waals surface area contributed by atoms with Gasteiger partial charge in [0, 0.05) is 6.04 Å². The molecule has 5 heteroatoms. The number of carboxylic acids is 1. The Hall–Kier alpha value is -1.59. The average molecular weight is 361 g/mol. The zero-order valence-electron chi connectivity index (χ0n) is 15.9. The van der Waals surface area contributed by atoms with E-state index in [0.29, 0.717) is 5.92 Å². The quantitative estimate of drug-likeness (QED) is 0.689. The van der Waals surface area contributed by atoms with Crippen LogP contribution in [0.2, 0.25) is 0 Å². The molecule has 132 valence electrons. The molecule has 0 aliphatic rings. The summed E-state index contributed by atoms with van der Waals surface area (Å²) in [5.41, 5.74) is 9.79. The molecule has 2 N–H and O–H groups in total. The first-order valence-corrected chi connectivity index (χ1v) is 8.33. The number of methoxy groups -OCH3 is 1. The number of ether oxygens (including phenoxy) is 1. The predicted octanol–water partition coefficient (Wildman–Crippen LogP) is -0.278. The molecule has 0 aliphatic heterocycles. The Kier molecular flexibility index (Phi) is 9.09. The van der Waals surface area contributed by atoms with Crippen molar-refractivity contribution in [3.05, 3.63) is 71.3 Å². The molecule has 2 aromatic carbocycles. The number of aliphatic carboxylic acids is 1. The molecule has 2 rings (SSSR count). The van der Waals surface area contributed by atoms with Crippen molar-refractivity contribution in [3.63, 3.8) is 0 Å². The summed E-state index contributed by atoms with van der Waals surface area (Å²) >= 11 is 0. The molecule has 1 unspecified atom stereocenters. The minimum absolute atomic E-state index is 0. The summed E-state index contributed by atoms with van der Waals surface area (Å²) in [7, 11) is 1.62. The van der Waals surface area contributed by atoms with E-state index in [4.69, 9.17) is 10.5 Å². The van der Waals surface area contributed by atoms with Crippen LogP contribution in [0, 0.1) is 0 Å². The monoisotopic (exact) mass is 361 g/mol. The number of benzene rings is 2. The van der Waals surface area contributed by atoms with E-state index in [9.17, 15) is 9.90 Å². The maximum atomic E-state index is 10.9. The fourth-order valence-electron chi connectivity index (χ4n) is 2.56. The van der Waals surface area contributed by atoms with Gasteiger partial charge in [0.25, 0.3) is 0 Å². The molecule has 0 saturated heterocycles. The Morgan fingerprint density at radius 3 is 2.00 bits per heavy atom. The van der Waals surface area contributed by atoms with Gasteiger partial charge in [-0.05, 0) is 46.7 Å². The Morgan fingerprint density at radius 2 is 1.58 bits per heavy atom. The molecular formula is C21H24NNaO3. The standard InChI is InChI=1S/C21H25NO3.Na/c1-14(2)15-4-6-16(7-5-15)19(12-13-20(22)21(23)24)17-8-10-18(25-3)11-9-17;/h4-12,14,20H,13,22H2,1-3H3,(H,23,24);/q;+1/p-1/b19-12-;. The van der Waals surface area contributed by atoms with Crippen LogP contribution in [0.5, 0.6) is 5.75 Å². The number of nitrogens with two attached hydrogens (primary N) is 1. The van der Waals surface area contributed by atoms with E-state index in [1.807, 2.05) is 30.3 Å². The molecule has 0 bridgehead atoms. The summed E-state index contributed by atoms with van der Waals surface area (Å²) < 4.78 is 5.20. The van der Waals surface area contributed by atoms with Crippen LogP contribution in [-0.4, -0.2) is 19.1 Å². The van der Waals surface area contributed by atoms with Gasteiger partial charge in [0.2, 0.25) is 0 Å². The molecule has 4 nitrogen and oxygen atoms in total. The van der Waals surface area contributed by atoms with Gasteiger partial charge in [-0.1, -0.05) is 56.3 Å². The maximum absolute atomic E-state index is 10.9. The second-order valence-electron chi connectivity index (χ2n) is 6.28. The van der Waals surface area contributed by atoms with Gasteiger partial charge in [-0.3, -0.25) is 0 Å². The van der Waals surface area contributed by atoms with Gasteiger partial charge in [-0.25, -0.2) is 0 Å². The first kappa shape index (κ1) is 22.5. The average Bonchev–Trinajstić information content (AvgIpc) is 2.62. The normalized spacial score (nSPS) is 12.4. The molecule has 0 amide bonds. The first-order valence-electron chi connectivity index (χ1n) is 8.33. The second kappa shape index (κ2) is 10.5. The van der Waals surface area contributed by atoms with Crippen LogP contribution in [0.25, 0.3) is 5.57 Å². The van der Waals surface area contributed by atoms with Crippen molar-refractivity contribution >= 4 is 11.5 Å². The van der Waals surface area contributed by atoms with Gasteiger partial charge in [-0.15, -0.1) is 0 Å². The molecule has 0 heterocycles. The maximum Gasteiger partial charge on any atom is 1.00 e. The Balaban J connectivity index is 0.00000338. The summed E-state index contributed by atoms with van der Waals surface area (Å²) in [6, 6.07) is 14.9. The predicted molar refractivity (Wildman–Crippen MR) is 98.2 cm³/mol. The second-order valence-corrected chi connectivity index (χ2v) is 6.28. The van der Waals surface area contributed by atoms with E-state index >= 15 is 0 Å². The SMILES string of the molecule is COc1ccc(/C(=C\CC(N)C(=O)[O-])c2ccc(C(C)C)cc2)cc1.[Na+]. The van der Waals surface area contributed by atoms with Gasteiger partial charge in [0.1, 0.15) is 5.75 Å². The molecule has 0 radical (unpaired) electrons. The van der Waals surface area contributed by atoms with Crippen molar-refractivity contribution in [2.24, 2.45) is 5.73 Å². The zero-order chi connectivity index (χ0) is 18.4. The van der Waals surface area contributed by atoms with Gasteiger partial charge >= 0.3 is 29.6 Å². The van der Waals surface area contributed by atoms with E-state index in [2.05, 4.69) is 38.1 Å². The zero-order valence-corrected chi connectivity index (χ0v) is 17.9. The summed E-state index contributed by atoms with van der Waals surface area (Å²) in [6.07, 6.45) is 2.06. The number of hydrogen-bond acceptors (Lipinski definition) is 4. The van der Waals surface area contributed by atoms with E-state index in [-0.39, 0.29) is 36.0 Å². The van der Waals surface area contributed by atoms with Crippen LogP contribution in [0.3, 0.4) is 0 Å². The van der Waals surface area contributed by atoms with Gasteiger partial charge in [0.15, 0.2) is 0 Å². The fraction of sp³-hybridized carbons (Fsp3) is 0.286. The summed E-state index contributed by atoms with van der Waals surface area (Å²) in [5, 5.41) is 10.9.